The highest BCUT2D eigenvalue weighted by Gasteiger charge is 2.14. The minimum Gasteiger partial charge on any atom is -0.250 e. The summed E-state index contributed by atoms with van der Waals surface area (Å²) < 4.78 is 2.17. The highest BCUT2D eigenvalue weighted by atomic mass is 35.5. The van der Waals surface area contributed by atoms with Crippen LogP contribution in [0.15, 0.2) is 29.4 Å². The van der Waals surface area contributed by atoms with E-state index < -0.39 is 0 Å². The Morgan fingerprint density at radius 3 is 2.75 bits per heavy atom. The zero-order chi connectivity index (χ0) is 14.5. The molecule has 0 atom stereocenters. The number of aromatic nitrogens is 3. The molecule has 4 nitrogen and oxygen atoms in total. The molecular formula is C14H17ClN4S. The van der Waals surface area contributed by atoms with Gasteiger partial charge in [0.15, 0.2) is 5.82 Å². The summed E-state index contributed by atoms with van der Waals surface area (Å²) in [7, 11) is 0. The van der Waals surface area contributed by atoms with Crippen LogP contribution in [-0.4, -0.2) is 21.1 Å². The summed E-state index contributed by atoms with van der Waals surface area (Å²) in [5, 5.41) is 12.2. The Hall–Kier alpha value is -1.46. The molecule has 2 aromatic rings. The molecule has 106 valence electrons. The van der Waals surface area contributed by atoms with Crippen molar-refractivity contribution in [3.05, 3.63) is 45.4 Å². The van der Waals surface area contributed by atoms with Crippen LogP contribution in [0.4, 0.5) is 0 Å². The minimum atomic E-state index is 0.339. The zero-order valence-electron chi connectivity index (χ0n) is 11.5. The number of hydrogen-bond acceptors (Lipinski definition) is 3. The van der Waals surface area contributed by atoms with E-state index in [1.54, 1.807) is 10.9 Å². The molecule has 2 rings (SSSR count). The maximum Gasteiger partial charge on any atom is 0.216 e. The summed E-state index contributed by atoms with van der Waals surface area (Å²) in [6, 6.07) is 7.55. The maximum atomic E-state index is 6.11. The number of nitrogens with zero attached hydrogens (tertiary/aromatic N) is 3. The Kier molecular flexibility index (Phi) is 5.09. The van der Waals surface area contributed by atoms with Crippen molar-refractivity contribution in [3.63, 3.8) is 0 Å². The molecule has 0 unspecified atom stereocenters. The van der Waals surface area contributed by atoms with Crippen molar-refractivity contribution in [1.82, 2.24) is 14.9 Å². The van der Waals surface area contributed by atoms with E-state index in [1.807, 2.05) is 24.3 Å². The molecule has 1 N–H and O–H groups in total. The summed E-state index contributed by atoms with van der Waals surface area (Å²) in [4.78, 5) is 0. The second-order valence-electron chi connectivity index (χ2n) is 4.48. The van der Waals surface area contributed by atoms with Crippen molar-refractivity contribution >= 4 is 30.0 Å². The first kappa shape index (κ1) is 14.9. The van der Waals surface area contributed by atoms with Crippen molar-refractivity contribution in [3.8, 4) is 0 Å². The molecular weight excluding hydrogens is 292 g/mol. The molecule has 0 amide bonds. The number of nitrogens with one attached hydrogen (secondary N) is 1. The van der Waals surface area contributed by atoms with E-state index in [-0.39, 0.29) is 0 Å². The van der Waals surface area contributed by atoms with Crippen LogP contribution >= 0.6 is 23.8 Å². The van der Waals surface area contributed by atoms with E-state index in [2.05, 4.69) is 29.1 Å². The summed E-state index contributed by atoms with van der Waals surface area (Å²) in [5.74, 6) is 1.20. The van der Waals surface area contributed by atoms with E-state index >= 15 is 0 Å². The van der Waals surface area contributed by atoms with Crippen LogP contribution in [0.25, 0.3) is 0 Å². The fourth-order valence-electron chi connectivity index (χ4n) is 2.03. The van der Waals surface area contributed by atoms with Gasteiger partial charge in [0, 0.05) is 16.5 Å². The molecule has 0 spiro atoms. The molecule has 1 heterocycles. The van der Waals surface area contributed by atoms with Gasteiger partial charge in [-0.05, 0) is 31.1 Å². The number of aromatic amines is 1. The minimum absolute atomic E-state index is 0.339. The lowest BCUT2D eigenvalue weighted by atomic mass is 10.0. The van der Waals surface area contributed by atoms with Crippen molar-refractivity contribution in [2.45, 2.75) is 32.6 Å². The van der Waals surface area contributed by atoms with Crippen LogP contribution in [0.5, 0.6) is 0 Å². The lowest BCUT2D eigenvalue weighted by molar-refractivity contribution is 0.571. The van der Waals surface area contributed by atoms with Gasteiger partial charge in [-0.25, -0.2) is 0 Å². The number of halogens is 1. The fourth-order valence-corrected chi connectivity index (χ4v) is 2.40. The Morgan fingerprint density at radius 2 is 2.10 bits per heavy atom. The third kappa shape index (κ3) is 3.16. The molecule has 1 aromatic heterocycles. The highest BCUT2D eigenvalue weighted by molar-refractivity contribution is 7.71. The molecule has 0 fully saturated rings. The second kappa shape index (κ2) is 6.81. The molecule has 6 heteroatoms. The van der Waals surface area contributed by atoms with Crippen LogP contribution in [0.2, 0.25) is 5.02 Å². The van der Waals surface area contributed by atoms with Gasteiger partial charge in [-0.1, -0.05) is 43.6 Å². The Morgan fingerprint density at radius 1 is 1.40 bits per heavy atom. The summed E-state index contributed by atoms with van der Waals surface area (Å²) in [6.07, 6.45) is 3.70. The van der Waals surface area contributed by atoms with Crippen molar-refractivity contribution in [2.24, 2.45) is 5.10 Å². The van der Waals surface area contributed by atoms with Crippen LogP contribution in [0.1, 0.15) is 44.0 Å². The standard InChI is InChI=1S/C14H17ClN4S/c1-3-10(4-2)13-17-18-14(20)19(13)16-9-11-7-5-6-8-12(11)15/h5-10H,3-4H2,1-2H3,(H,18,20)/b16-9-. The van der Waals surface area contributed by atoms with Gasteiger partial charge in [0.1, 0.15) is 0 Å². The quantitative estimate of drug-likeness (QED) is 0.658. The van der Waals surface area contributed by atoms with Gasteiger partial charge in [-0.2, -0.15) is 14.9 Å². The first-order valence-corrected chi connectivity index (χ1v) is 7.42. The van der Waals surface area contributed by atoms with Crippen LogP contribution in [-0.2, 0) is 0 Å². The number of hydrogen-bond donors (Lipinski definition) is 1. The first-order chi connectivity index (χ1) is 9.67. The van der Waals surface area contributed by atoms with E-state index in [0.29, 0.717) is 15.7 Å². The van der Waals surface area contributed by atoms with Gasteiger partial charge in [0.2, 0.25) is 4.77 Å². The third-order valence-corrected chi connectivity index (χ3v) is 3.85. The Labute approximate surface area is 128 Å². The van der Waals surface area contributed by atoms with Crippen molar-refractivity contribution in [1.29, 1.82) is 0 Å². The smallest absolute Gasteiger partial charge is 0.216 e. The number of H-pyrrole nitrogens is 1. The normalized spacial score (nSPS) is 11.6. The molecule has 20 heavy (non-hydrogen) atoms. The van der Waals surface area contributed by atoms with Crippen LogP contribution in [0.3, 0.4) is 0 Å². The van der Waals surface area contributed by atoms with E-state index in [1.165, 1.54) is 0 Å². The molecule has 0 saturated heterocycles. The third-order valence-electron chi connectivity index (χ3n) is 3.24. The average molecular weight is 309 g/mol. The first-order valence-electron chi connectivity index (χ1n) is 6.63. The molecule has 0 aliphatic rings. The monoisotopic (exact) mass is 308 g/mol. The largest absolute Gasteiger partial charge is 0.250 e. The zero-order valence-corrected chi connectivity index (χ0v) is 13.1. The fraction of sp³-hybridized carbons (Fsp3) is 0.357. The second-order valence-corrected chi connectivity index (χ2v) is 5.27. The average Bonchev–Trinajstić information content (AvgIpc) is 2.81. The van der Waals surface area contributed by atoms with Crippen LogP contribution < -0.4 is 0 Å². The van der Waals surface area contributed by atoms with Gasteiger partial charge in [0.05, 0.1) is 6.21 Å². The highest BCUT2D eigenvalue weighted by Crippen LogP contribution is 2.21. The summed E-state index contributed by atoms with van der Waals surface area (Å²) in [6.45, 7) is 4.27. The van der Waals surface area contributed by atoms with E-state index in [0.717, 1.165) is 24.2 Å². The summed E-state index contributed by atoms with van der Waals surface area (Å²) >= 11 is 11.3. The van der Waals surface area contributed by atoms with E-state index in [4.69, 9.17) is 23.8 Å². The predicted octanol–water partition coefficient (Wildman–Crippen LogP) is 4.38. The van der Waals surface area contributed by atoms with Crippen molar-refractivity contribution < 1.29 is 0 Å². The lowest BCUT2D eigenvalue weighted by Crippen LogP contribution is -2.05. The Bertz CT molecular complexity index is 655. The predicted molar refractivity (Wildman–Crippen MR) is 85.2 cm³/mol. The van der Waals surface area contributed by atoms with Gasteiger partial charge in [-0.15, -0.1) is 0 Å². The maximum absolute atomic E-state index is 6.11. The van der Waals surface area contributed by atoms with Gasteiger partial charge in [-0.3, -0.25) is 5.10 Å². The Balaban J connectivity index is 2.37. The van der Waals surface area contributed by atoms with Crippen LogP contribution in [0, 0.1) is 4.77 Å². The lowest BCUT2D eigenvalue weighted by Gasteiger charge is -2.10. The SMILES string of the molecule is CCC(CC)c1n[nH]c(=S)n1/N=C\c1ccccc1Cl. The topological polar surface area (TPSA) is 46.0 Å². The number of benzene rings is 1. The number of rotatable bonds is 5. The molecule has 0 saturated carbocycles. The molecule has 0 aliphatic heterocycles. The van der Waals surface area contributed by atoms with E-state index in [9.17, 15) is 0 Å². The van der Waals surface area contributed by atoms with Gasteiger partial charge >= 0.3 is 0 Å². The van der Waals surface area contributed by atoms with Crippen molar-refractivity contribution in [2.75, 3.05) is 0 Å². The molecule has 0 bridgehead atoms. The molecule has 0 radical (unpaired) electrons. The molecule has 1 aromatic carbocycles. The molecule has 0 aliphatic carbocycles. The summed E-state index contributed by atoms with van der Waals surface area (Å²) in [5.41, 5.74) is 0.854. The van der Waals surface area contributed by atoms with Gasteiger partial charge < -0.3 is 0 Å². The van der Waals surface area contributed by atoms with Gasteiger partial charge in [0.25, 0.3) is 0 Å².